The van der Waals surface area contributed by atoms with Crippen LogP contribution in [-0.4, -0.2) is 31.1 Å². The van der Waals surface area contributed by atoms with Gasteiger partial charge in [-0.15, -0.1) is 12.4 Å². The van der Waals surface area contributed by atoms with Crippen molar-refractivity contribution in [3.05, 3.63) is 35.9 Å². The molecule has 0 radical (unpaired) electrons. The van der Waals surface area contributed by atoms with Crippen LogP contribution in [0.5, 0.6) is 0 Å². The zero-order valence-electron chi connectivity index (χ0n) is 11.5. The molecule has 6 heteroatoms. The summed E-state index contributed by atoms with van der Waals surface area (Å²) in [5.74, 6) is -0.576. The SMILES string of the molecule is CCOC(=O)CCNC(=O)[C@@H](N)Cc1ccccc1.Cl. The maximum atomic E-state index is 11.7. The summed E-state index contributed by atoms with van der Waals surface area (Å²) in [6, 6.07) is 8.96. The lowest BCUT2D eigenvalue weighted by atomic mass is 10.1. The highest BCUT2D eigenvalue weighted by Crippen LogP contribution is 2.01. The number of benzene rings is 1. The van der Waals surface area contributed by atoms with Gasteiger partial charge in [-0.05, 0) is 18.9 Å². The fourth-order valence-electron chi connectivity index (χ4n) is 1.61. The predicted octanol–water partition coefficient (Wildman–Crippen LogP) is 1.05. The normalized spacial score (nSPS) is 11.1. The van der Waals surface area contributed by atoms with E-state index in [0.717, 1.165) is 5.56 Å². The fraction of sp³-hybridized carbons (Fsp3) is 0.429. The van der Waals surface area contributed by atoms with Crippen molar-refractivity contribution in [2.75, 3.05) is 13.2 Å². The molecule has 0 saturated heterocycles. The first-order valence-electron chi connectivity index (χ1n) is 6.36. The number of carbonyl (C=O) groups excluding carboxylic acids is 2. The van der Waals surface area contributed by atoms with Gasteiger partial charge in [-0.2, -0.15) is 0 Å². The molecule has 112 valence electrons. The first-order chi connectivity index (χ1) is 9.13. The maximum absolute atomic E-state index is 11.7. The number of hydrogen-bond acceptors (Lipinski definition) is 4. The number of hydrogen-bond donors (Lipinski definition) is 2. The second-order valence-electron chi connectivity index (χ2n) is 4.14. The highest BCUT2D eigenvalue weighted by atomic mass is 35.5. The molecule has 1 amide bonds. The van der Waals surface area contributed by atoms with Crippen LogP contribution in [-0.2, 0) is 20.7 Å². The van der Waals surface area contributed by atoms with Gasteiger partial charge in [0.1, 0.15) is 0 Å². The van der Waals surface area contributed by atoms with Crippen molar-refractivity contribution in [1.29, 1.82) is 0 Å². The Labute approximate surface area is 125 Å². The Morgan fingerprint density at radius 2 is 1.95 bits per heavy atom. The molecular formula is C14H21ClN2O3. The molecule has 3 N–H and O–H groups in total. The number of ether oxygens (including phenoxy) is 1. The van der Waals surface area contributed by atoms with Gasteiger partial charge in [0.15, 0.2) is 0 Å². The van der Waals surface area contributed by atoms with Crippen molar-refractivity contribution < 1.29 is 14.3 Å². The summed E-state index contributed by atoms with van der Waals surface area (Å²) in [4.78, 5) is 22.8. The second kappa shape index (κ2) is 10.2. The topological polar surface area (TPSA) is 81.4 Å². The van der Waals surface area contributed by atoms with Gasteiger partial charge in [-0.25, -0.2) is 0 Å². The molecule has 0 unspecified atom stereocenters. The quantitative estimate of drug-likeness (QED) is 0.738. The number of halogens is 1. The lowest BCUT2D eigenvalue weighted by Gasteiger charge is -2.12. The summed E-state index contributed by atoms with van der Waals surface area (Å²) < 4.78 is 4.76. The lowest BCUT2D eigenvalue weighted by molar-refractivity contribution is -0.143. The van der Waals surface area contributed by atoms with Crippen molar-refractivity contribution in [2.45, 2.75) is 25.8 Å². The Bertz CT molecular complexity index is 412. The molecule has 0 aliphatic carbocycles. The third kappa shape index (κ3) is 7.11. The summed E-state index contributed by atoms with van der Waals surface area (Å²) in [7, 11) is 0. The zero-order valence-corrected chi connectivity index (χ0v) is 12.3. The fourth-order valence-corrected chi connectivity index (χ4v) is 1.61. The van der Waals surface area contributed by atoms with Gasteiger partial charge in [-0.3, -0.25) is 9.59 Å². The summed E-state index contributed by atoms with van der Waals surface area (Å²) in [6.07, 6.45) is 0.643. The molecule has 0 spiro atoms. The Morgan fingerprint density at radius 3 is 2.55 bits per heavy atom. The number of carbonyl (C=O) groups is 2. The van der Waals surface area contributed by atoms with Crippen LogP contribution in [0.15, 0.2) is 30.3 Å². The molecular weight excluding hydrogens is 280 g/mol. The van der Waals surface area contributed by atoms with Gasteiger partial charge >= 0.3 is 5.97 Å². The molecule has 0 saturated carbocycles. The highest BCUT2D eigenvalue weighted by molar-refractivity contribution is 5.85. The van der Waals surface area contributed by atoms with E-state index < -0.39 is 6.04 Å². The van der Waals surface area contributed by atoms with Gasteiger partial charge in [0.25, 0.3) is 0 Å². The van der Waals surface area contributed by atoms with Crippen molar-refractivity contribution in [3.8, 4) is 0 Å². The minimum Gasteiger partial charge on any atom is -0.466 e. The molecule has 0 bridgehead atoms. The molecule has 20 heavy (non-hydrogen) atoms. The average Bonchev–Trinajstić information content (AvgIpc) is 2.40. The Hall–Kier alpha value is -1.59. The molecule has 1 aromatic rings. The van der Waals surface area contributed by atoms with E-state index in [-0.39, 0.29) is 37.2 Å². The van der Waals surface area contributed by atoms with Gasteiger partial charge in [0.05, 0.1) is 19.1 Å². The molecule has 0 heterocycles. The van der Waals surface area contributed by atoms with Crippen molar-refractivity contribution >= 4 is 24.3 Å². The lowest BCUT2D eigenvalue weighted by Crippen LogP contribution is -2.42. The van der Waals surface area contributed by atoms with Gasteiger partial charge < -0.3 is 15.8 Å². The molecule has 1 atom stereocenters. The molecule has 0 fully saturated rings. The molecule has 0 aromatic heterocycles. The van der Waals surface area contributed by atoms with E-state index in [2.05, 4.69) is 5.32 Å². The van der Waals surface area contributed by atoms with E-state index in [4.69, 9.17) is 10.5 Å². The Balaban J connectivity index is 0.00000361. The van der Waals surface area contributed by atoms with Crippen molar-refractivity contribution in [3.63, 3.8) is 0 Å². The van der Waals surface area contributed by atoms with E-state index >= 15 is 0 Å². The van der Waals surface area contributed by atoms with Gasteiger partial charge in [0.2, 0.25) is 5.91 Å². The van der Waals surface area contributed by atoms with E-state index in [0.29, 0.717) is 13.0 Å². The average molecular weight is 301 g/mol. The van der Waals surface area contributed by atoms with E-state index in [1.54, 1.807) is 6.92 Å². The smallest absolute Gasteiger partial charge is 0.307 e. The van der Waals surface area contributed by atoms with E-state index in [1.165, 1.54) is 0 Å². The van der Waals surface area contributed by atoms with Crippen molar-refractivity contribution in [1.82, 2.24) is 5.32 Å². The number of nitrogens with two attached hydrogens (primary N) is 1. The summed E-state index contributed by atoms with van der Waals surface area (Å²) in [6.45, 7) is 2.34. The first-order valence-corrected chi connectivity index (χ1v) is 6.36. The molecule has 1 aromatic carbocycles. The molecule has 1 rings (SSSR count). The van der Waals surface area contributed by atoms with E-state index in [9.17, 15) is 9.59 Å². The van der Waals surface area contributed by atoms with E-state index in [1.807, 2.05) is 30.3 Å². The number of nitrogens with one attached hydrogen (secondary N) is 1. The largest absolute Gasteiger partial charge is 0.466 e. The van der Waals surface area contributed by atoms with Crippen LogP contribution in [0.3, 0.4) is 0 Å². The van der Waals surface area contributed by atoms with Crippen LogP contribution in [0.1, 0.15) is 18.9 Å². The maximum Gasteiger partial charge on any atom is 0.307 e. The van der Waals surface area contributed by atoms with Gasteiger partial charge in [0, 0.05) is 6.54 Å². The number of amides is 1. The Morgan fingerprint density at radius 1 is 1.30 bits per heavy atom. The molecule has 0 aliphatic rings. The monoisotopic (exact) mass is 300 g/mol. The van der Waals surface area contributed by atoms with Crippen LogP contribution in [0, 0.1) is 0 Å². The number of rotatable bonds is 7. The third-order valence-corrected chi connectivity index (χ3v) is 2.57. The summed E-state index contributed by atoms with van der Waals surface area (Å²) in [5.41, 5.74) is 6.81. The van der Waals surface area contributed by atoms with Crippen LogP contribution in [0.4, 0.5) is 0 Å². The van der Waals surface area contributed by atoms with Crippen LogP contribution in [0.2, 0.25) is 0 Å². The van der Waals surface area contributed by atoms with Crippen molar-refractivity contribution in [2.24, 2.45) is 5.73 Å². The number of esters is 1. The Kier molecular flexibility index (Phi) is 9.41. The minimum atomic E-state index is -0.607. The van der Waals surface area contributed by atoms with Crippen LogP contribution >= 0.6 is 12.4 Å². The standard InChI is InChI=1S/C14H20N2O3.ClH/c1-2-19-13(17)8-9-16-14(18)12(15)10-11-6-4-3-5-7-11;/h3-7,12H,2,8-10,15H2,1H3,(H,16,18);1H/t12-;/m0./s1. The third-order valence-electron chi connectivity index (χ3n) is 2.57. The molecule has 5 nitrogen and oxygen atoms in total. The highest BCUT2D eigenvalue weighted by Gasteiger charge is 2.13. The minimum absolute atomic E-state index is 0. The zero-order chi connectivity index (χ0) is 14.1. The summed E-state index contributed by atoms with van der Waals surface area (Å²) >= 11 is 0. The molecule has 0 aliphatic heterocycles. The second-order valence-corrected chi connectivity index (χ2v) is 4.14. The predicted molar refractivity (Wildman–Crippen MR) is 79.6 cm³/mol. The van der Waals surface area contributed by atoms with Crippen LogP contribution < -0.4 is 11.1 Å². The first kappa shape index (κ1) is 18.4. The summed E-state index contributed by atoms with van der Waals surface area (Å²) in [5, 5.41) is 2.63. The van der Waals surface area contributed by atoms with Gasteiger partial charge in [-0.1, -0.05) is 30.3 Å². The van der Waals surface area contributed by atoms with Crippen LogP contribution in [0.25, 0.3) is 0 Å².